The van der Waals surface area contributed by atoms with Gasteiger partial charge >= 0.3 is 0 Å². The molecule has 1 aliphatic rings. The molecule has 0 saturated carbocycles. The highest BCUT2D eigenvalue weighted by Crippen LogP contribution is 2.06. The lowest BCUT2D eigenvalue weighted by Gasteiger charge is -2.13. The Bertz CT molecular complexity index is 313. The van der Waals surface area contributed by atoms with Crippen LogP contribution in [0.4, 0.5) is 0 Å². The SMILES string of the molecule is Cc1ccc(CNC2COCC2O)nc1. The number of aliphatic hydroxyl groups excluding tert-OH is 1. The Morgan fingerprint density at radius 2 is 2.40 bits per heavy atom. The predicted octanol–water partition coefficient (Wildman–Crippen LogP) is 0.239. The van der Waals surface area contributed by atoms with Crippen molar-refractivity contribution in [1.29, 1.82) is 0 Å². The fourth-order valence-electron chi connectivity index (χ4n) is 1.58. The summed E-state index contributed by atoms with van der Waals surface area (Å²) in [5.74, 6) is 0. The van der Waals surface area contributed by atoms with Gasteiger partial charge in [0.05, 0.1) is 31.1 Å². The molecule has 0 radical (unpaired) electrons. The van der Waals surface area contributed by atoms with E-state index >= 15 is 0 Å². The third kappa shape index (κ3) is 2.75. The summed E-state index contributed by atoms with van der Waals surface area (Å²) in [5, 5.41) is 12.7. The van der Waals surface area contributed by atoms with E-state index in [9.17, 15) is 5.11 Å². The van der Waals surface area contributed by atoms with E-state index in [0.29, 0.717) is 19.8 Å². The van der Waals surface area contributed by atoms with Crippen LogP contribution in [0, 0.1) is 6.92 Å². The Kier molecular flexibility index (Phi) is 3.30. The molecule has 15 heavy (non-hydrogen) atoms. The Morgan fingerprint density at radius 3 is 3.00 bits per heavy atom. The van der Waals surface area contributed by atoms with Crippen molar-refractivity contribution in [3.05, 3.63) is 29.6 Å². The van der Waals surface area contributed by atoms with Crippen LogP contribution in [0.3, 0.4) is 0 Å². The van der Waals surface area contributed by atoms with E-state index in [4.69, 9.17) is 4.74 Å². The Balaban J connectivity index is 1.85. The number of hydrogen-bond acceptors (Lipinski definition) is 4. The summed E-state index contributed by atoms with van der Waals surface area (Å²) < 4.78 is 5.14. The van der Waals surface area contributed by atoms with Crippen LogP contribution in [0.1, 0.15) is 11.3 Å². The molecule has 1 aromatic heterocycles. The van der Waals surface area contributed by atoms with E-state index in [2.05, 4.69) is 10.3 Å². The summed E-state index contributed by atoms with van der Waals surface area (Å²) >= 11 is 0. The van der Waals surface area contributed by atoms with Crippen molar-refractivity contribution >= 4 is 0 Å². The second-order valence-corrected chi connectivity index (χ2v) is 3.92. The fourth-order valence-corrected chi connectivity index (χ4v) is 1.58. The molecule has 4 heteroatoms. The van der Waals surface area contributed by atoms with Crippen molar-refractivity contribution in [3.8, 4) is 0 Å². The van der Waals surface area contributed by atoms with Gasteiger partial charge in [0, 0.05) is 12.7 Å². The lowest BCUT2D eigenvalue weighted by Crippen LogP contribution is -2.38. The van der Waals surface area contributed by atoms with Crippen LogP contribution in [0.2, 0.25) is 0 Å². The standard InChI is InChI=1S/C11H16N2O2/c1-8-2-3-9(12-4-8)5-13-10-6-15-7-11(10)14/h2-4,10-11,13-14H,5-7H2,1H3. The van der Waals surface area contributed by atoms with Gasteiger partial charge in [0.2, 0.25) is 0 Å². The van der Waals surface area contributed by atoms with Crippen molar-refractivity contribution in [1.82, 2.24) is 10.3 Å². The molecule has 0 bridgehead atoms. The molecule has 1 saturated heterocycles. The fraction of sp³-hybridized carbons (Fsp3) is 0.545. The Morgan fingerprint density at radius 1 is 1.53 bits per heavy atom. The second kappa shape index (κ2) is 4.70. The summed E-state index contributed by atoms with van der Waals surface area (Å²) in [5.41, 5.74) is 2.14. The number of ether oxygens (including phenoxy) is 1. The van der Waals surface area contributed by atoms with Gasteiger partial charge in [-0.05, 0) is 18.6 Å². The molecule has 2 rings (SSSR count). The summed E-state index contributed by atoms with van der Waals surface area (Å²) in [7, 11) is 0. The number of aliphatic hydroxyl groups is 1. The van der Waals surface area contributed by atoms with Crippen LogP contribution in [-0.2, 0) is 11.3 Å². The first kappa shape index (κ1) is 10.5. The van der Waals surface area contributed by atoms with Gasteiger partial charge in [-0.1, -0.05) is 6.07 Å². The smallest absolute Gasteiger partial charge is 0.0948 e. The topological polar surface area (TPSA) is 54.4 Å². The van der Waals surface area contributed by atoms with E-state index < -0.39 is 6.10 Å². The first-order valence-electron chi connectivity index (χ1n) is 5.16. The molecule has 4 nitrogen and oxygen atoms in total. The zero-order chi connectivity index (χ0) is 10.7. The van der Waals surface area contributed by atoms with E-state index in [1.54, 1.807) is 0 Å². The maximum Gasteiger partial charge on any atom is 0.0948 e. The Labute approximate surface area is 89.3 Å². The minimum atomic E-state index is -0.393. The summed E-state index contributed by atoms with van der Waals surface area (Å²) in [4.78, 5) is 4.28. The predicted molar refractivity (Wildman–Crippen MR) is 56.4 cm³/mol. The average molecular weight is 208 g/mol. The minimum absolute atomic E-state index is 0.0353. The van der Waals surface area contributed by atoms with Gasteiger partial charge in [-0.15, -0.1) is 0 Å². The monoisotopic (exact) mass is 208 g/mol. The average Bonchev–Trinajstić information content (AvgIpc) is 2.63. The first-order chi connectivity index (χ1) is 7.25. The van der Waals surface area contributed by atoms with Gasteiger partial charge in [0.25, 0.3) is 0 Å². The number of pyridine rings is 1. The van der Waals surface area contributed by atoms with Crippen LogP contribution in [0.25, 0.3) is 0 Å². The van der Waals surface area contributed by atoms with Gasteiger partial charge in [-0.2, -0.15) is 0 Å². The van der Waals surface area contributed by atoms with Gasteiger partial charge in [0.15, 0.2) is 0 Å². The van der Waals surface area contributed by atoms with Crippen LogP contribution in [0.5, 0.6) is 0 Å². The molecular formula is C11H16N2O2. The van der Waals surface area contributed by atoms with E-state index in [-0.39, 0.29) is 6.04 Å². The molecule has 1 aromatic rings. The van der Waals surface area contributed by atoms with Gasteiger partial charge in [-0.25, -0.2) is 0 Å². The van der Waals surface area contributed by atoms with Crippen molar-refractivity contribution < 1.29 is 9.84 Å². The third-order valence-corrected chi connectivity index (χ3v) is 2.57. The van der Waals surface area contributed by atoms with Crippen molar-refractivity contribution in [2.75, 3.05) is 13.2 Å². The lowest BCUT2D eigenvalue weighted by atomic mass is 10.2. The van der Waals surface area contributed by atoms with Crippen LogP contribution < -0.4 is 5.32 Å². The van der Waals surface area contributed by atoms with E-state index in [1.165, 1.54) is 0 Å². The highest BCUT2D eigenvalue weighted by atomic mass is 16.5. The van der Waals surface area contributed by atoms with Gasteiger partial charge in [0.1, 0.15) is 0 Å². The van der Waals surface area contributed by atoms with Crippen molar-refractivity contribution in [3.63, 3.8) is 0 Å². The molecule has 0 aromatic carbocycles. The molecule has 1 fully saturated rings. The number of nitrogens with zero attached hydrogens (tertiary/aromatic N) is 1. The van der Waals surface area contributed by atoms with Crippen molar-refractivity contribution in [2.24, 2.45) is 0 Å². The largest absolute Gasteiger partial charge is 0.389 e. The van der Waals surface area contributed by atoms with Gasteiger partial charge in [-0.3, -0.25) is 4.98 Å². The lowest BCUT2D eigenvalue weighted by molar-refractivity contribution is 0.122. The highest BCUT2D eigenvalue weighted by Gasteiger charge is 2.25. The summed E-state index contributed by atoms with van der Waals surface area (Å²) in [6.45, 7) is 3.69. The third-order valence-electron chi connectivity index (χ3n) is 2.57. The normalized spacial score (nSPS) is 25.7. The first-order valence-corrected chi connectivity index (χ1v) is 5.16. The molecule has 0 amide bonds. The minimum Gasteiger partial charge on any atom is -0.389 e. The number of nitrogens with one attached hydrogen (secondary N) is 1. The molecule has 2 N–H and O–H groups in total. The molecule has 2 atom stereocenters. The zero-order valence-electron chi connectivity index (χ0n) is 8.81. The molecule has 1 aliphatic heterocycles. The second-order valence-electron chi connectivity index (χ2n) is 3.92. The summed E-state index contributed by atoms with van der Waals surface area (Å²) in [6.07, 6.45) is 1.45. The molecule has 0 aliphatic carbocycles. The Hall–Kier alpha value is -0.970. The maximum absolute atomic E-state index is 9.50. The van der Waals surface area contributed by atoms with Gasteiger partial charge < -0.3 is 15.2 Å². The molecule has 2 unspecified atom stereocenters. The molecule has 82 valence electrons. The van der Waals surface area contributed by atoms with E-state index in [1.807, 2.05) is 25.3 Å². The highest BCUT2D eigenvalue weighted by molar-refractivity contribution is 5.12. The summed E-state index contributed by atoms with van der Waals surface area (Å²) in [6, 6.07) is 4.06. The molecule has 2 heterocycles. The van der Waals surface area contributed by atoms with E-state index in [0.717, 1.165) is 11.3 Å². The molecular weight excluding hydrogens is 192 g/mol. The number of hydrogen-bond donors (Lipinski definition) is 2. The van der Waals surface area contributed by atoms with Crippen LogP contribution in [-0.4, -0.2) is 35.5 Å². The quantitative estimate of drug-likeness (QED) is 0.747. The van der Waals surface area contributed by atoms with Crippen molar-refractivity contribution in [2.45, 2.75) is 25.6 Å². The van der Waals surface area contributed by atoms with Crippen LogP contribution >= 0.6 is 0 Å². The number of aryl methyl sites for hydroxylation is 1. The number of rotatable bonds is 3. The molecule has 0 spiro atoms. The maximum atomic E-state index is 9.50. The van der Waals surface area contributed by atoms with Crippen LogP contribution in [0.15, 0.2) is 18.3 Å². The zero-order valence-corrected chi connectivity index (χ0v) is 8.81. The number of aromatic nitrogens is 1.